The van der Waals surface area contributed by atoms with Crippen molar-refractivity contribution >= 4 is 27.0 Å². The number of thiophene rings is 1. The van der Waals surface area contributed by atoms with E-state index in [1.807, 2.05) is 0 Å². The van der Waals surface area contributed by atoms with Crippen LogP contribution in [0, 0.1) is 0 Å². The molecule has 1 heterocycles. The van der Waals surface area contributed by atoms with E-state index in [1.165, 1.54) is 25.4 Å². The molecule has 0 bridgehead atoms. The van der Waals surface area contributed by atoms with Gasteiger partial charge in [-0.1, -0.05) is 6.07 Å². The Labute approximate surface area is 99.2 Å². The van der Waals surface area contributed by atoms with Crippen molar-refractivity contribution < 1.29 is 17.9 Å². The Morgan fingerprint density at radius 2 is 2.25 bits per heavy atom. The molecule has 0 aromatic carbocycles. The van der Waals surface area contributed by atoms with Gasteiger partial charge in [0.2, 0.25) is 0 Å². The first-order chi connectivity index (χ1) is 7.45. The molecule has 0 aliphatic rings. The van der Waals surface area contributed by atoms with Crippen molar-refractivity contribution in [3.8, 4) is 0 Å². The van der Waals surface area contributed by atoms with Crippen LogP contribution in [0.3, 0.4) is 0 Å². The van der Waals surface area contributed by atoms with Crippen LogP contribution < -0.4 is 0 Å². The summed E-state index contributed by atoms with van der Waals surface area (Å²) < 4.78 is 29.0. The van der Waals surface area contributed by atoms with Crippen LogP contribution in [-0.2, 0) is 19.4 Å². The van der Waals surface area contributed by atoms with Crippen LogP contribution in [0.2, 0.25) is 0 Å². The second-order valence-corrected chi connectivity index (χ2v) is 6.69. The molecule has 0 saturated heterocycles. The van der Waals surface area contributed by atoms with Gasteiger partial charge in [-0.3, -0.25) is 4.79 Å². The average Bonchev–Trinajstić information content (AvgIpc) is 2.68. The summed E-state index contributed by atoms with van der Waals surface area (Å²) >= 11 is 1.17. The number of Topliss-reactive ketones (excluding diaryl/α,β-unsaturated/α-hetero) is 1. The highest BCUT2D eigenvalue weighted by Gasteiger charge is 2.22. The third-order valence-corrected chi connectivity index (χ3v) is 5.33. The largest absolute Gasteiger partial charge is 0.380 e. The maximum absolute atomic E-state index is 11.9. The number of carbonyl (C=O) groups excluding carboxylic acids is 1. The van der Waals surface area contributed by atoms with E-state index in [1.54, 1.807) is 17.5 Å². The Morgan fingerprint density at radius 3 is 2.69 bits per heavy atom. The molecule has 6 heteroatoms. The highest BCUT2D eigenvalue weighted by molar-refractivity contribution is 7.93. The van der Waals surface area contributed by atoms with E-state index in [4.69, 9.17) is 4.74 Å². The first-order valence-corrected chi connectivity index (χ1v) is 7.27. The lowest BCUT2D eigenvalue weighted by atomic mass is 10.2. The predicted octanol–water partition coefficient (Wildman–Crippen LogP) is 1.52. The molecule has 0 radical (unpaired) electrons. The predicted molar refractivity (Wildman–Crippen MR) is 62.5 cm³/mol. The molecular formula is C10H14O4S2. The highest BCUT2D eigenvalue weighted by Crippen LogP contribution is 2.19. The lowest BCUT2D eigenvalue weighted by molar-refractivity contribution is -0.119. The molecule has 0 aliphatic heterocycles. The van der Waals surface area contributed by atoms with E-state index in [0.29, 0.717) is 4.21 Å². The van der Waals surface area contributed by atoms with Gasteiger partial charge >= 0.3 is 0 Å². The molecular weight excluding hydrogens is 248 g/mol. The van der Waals surface area contributed by atoms with Crippen molar-refractivity contribution in [1.82, 2.24) is 0 Å². The average molecular weight is 262 g/mol. The SMILES string of the molecule is COC(CC(C)=O)CS(=O)(=O)c1cccs1. The summed E-state index contributed by atoms with van der Waals surface area (Å²) in [6.45, 7) is 1.42. The molecule has 1 aromatic rings. The molecule has 0 fully saturated rings. The molecule has 16 heavy (non-hydrogen) atoms. The molecule has 1 atom stereocenters. The second-order valence-electron chi connectivity index (χ2n) is 3.48. The maximum atomic E-state index is 11.9. The number of methoxy groups -OCH3 is 1. The minimum atomic E-state index is -3.33. The fourth-order valence-electron chi connectivity index (χ4n) is 1.30. The van der Waals surface area contributed by atoms with Crippen molar-refractivity contribution in [1.29, 1.82) is 0 Å². The zero-order chi connectivity index (χ0) is 12.2. The van der Waals surface area contributed by atoms with Crippen LogP contribution in [0.1, 0.15) is 13.3 Å². The van der Waals surface area contributed by atoms with E-state index in [-0.39, 0.29) is 18.0 Å². The standard InChI is InChI=1S/C10H14O4S2/c1-8(11)6-9(14-2)7-16(12,13)10-4-3-5-15-10/h3-5,9H,6-7H2,1-2H3. The van der Waals surface area contributed by atoms with E-state index in [9.17, 15) is 13.2 Å². The van der Waals surface area contributed by atoms with Crippen LogP contribution >= 0.6 is 11.3 Å². The Balaban J connectivity index is 2.75. The Morgan fingerprint density at radius 1 is 1.56 bits per heavy atom. The molecule has 1 rings (SSSR count). The number of hydrogen-bond donors (Lipinski definition) is 0. The Hall–Kier alpha value is -0.720. The Kier molecular flexibility index (Phi) is 4.64. The lowest BCUT2D eigenvalue weighted by Gasteiger charge is -2.12. The lowest BCUT2D eigenvalue weighted by Crippen LogP contribution is -2.24. The van der Waals surface area contributed by atoms with Gasteiger partial charge in [-0.2, -0.15) is 0 Å². The number of ether oxygens (including phenoxy) is 1. The normalized spacial score (nSPS) is 13.6. The van der Waals surface area contributed by atoms with Crippen LogP contribution in [0.25, 0.3) is 0 Å². The fourth-order valence-corrected chi connectivity index (χ4v) is 3.90. The molecule has 0 spiro atoms. The summed E-state index contributed by atoms with van der Waals surface area (Å²) in [6.07, 6.45) is -0.439. The number of sulfone groups is 1. The summed E-state index contributed by atoms with van der Waals surface area (Å²) in [5.74, 6) is -0.225. The zero-order valence-corrected chi connectivity index (χ0v) is 10.8. The summed E-state index contributed by atoms with van der Waals surface area (Å²) in [6, 6.07) is 3.24. The number of rotatable bonds is 6. The van der Waals surface area contributed by atoms with E-state index < -0.39 is 15.9 Å². The second kappa shape index (κ2) is 5.56. The van der Waals surface area contributed by atoms with Crippen molar-refractivity contribution in [2.75, 3.05) is 12.9 Å². The summed E-state index contributed by atoms with van der Waals surface area (Å²) in [4.78, 5) is 10.9. The van der Waals surface area contributed by atoms with Crippen LogP contribution in [0.5, 0.6) is 0 Å². The Bertz CT molecular complexity index is 433. The monoisotopic (exact) mass is 262 g/mol. The van der Waals surface area contributed by atoms with Crippen molar-refractivity contribution in [2.45, 2.75) is 23.7 Å². The topological polar surface area (TPSA) is 60.4 Å². The third kappa shape index (κ3) is 3.70. The van der Waals surface area contributed by atoms with E-state index in [0.717, 1.165) is 0 Å². The smallest absolute Gasteiger partial charge is 0.190 e. The summed E-state index contributed by atoms with van der Waals surface area (Å²) in [7, 11) is -1.92. The summed E-state index contributed by atoms with van der Waals surface area (Å²) in [5.41, 5.74) is 0. The van der Waals surface area contributed by atoms with Gasteiger partial charge in [-0.25, -0.2) is 8.42 Å². The molecule has 1 aromatic heterocycles. The van der Waals surface area contributed by atoms with Gasteiger partial charge in [0.1, 0.15) is 9.99 Å². The molecule has 1 unspecified atom stereocenters. The fraction of sp³-hybridized carbons (Fsp3) is 0.500. The summed E-state index contributed by atoms with van der Waals surface area (Å²) in [5, 5.41) is 1.71. The highest BCUT2D eigenvalue weighted by atomic mass is 32.2. The van der Waals surface area contributed by atoms with Gasteiger partial charge in [0, 0.05) is 13.5 Å². The molecule has 0 aliphatic carbocycles. The van der Waals surface area contributed by atoms with E-state index >= 15 is 0 Å². The molecule has 0 N–H and O–H groups in total. The first-order valence-electron chi connectivity index (χ1n) is 4.74. The first kappa shape index (κ1) is 13.3. The maximum Gasteiger partial charge on any atom is 0.190 e. The van der Waals surface area contributed by atoms with Crippen LogP contribution in [0.4, 0.5) is 0 Å². The number of carbonyl (C=O) groups is 1. The van der Waals surface area contributed by atoms with Gasteiger partial charge < -0.3 is 4.74 Å². The zero-order valence-electron chi connectivity index (χ0n) is 9.17. The van der Waals surface area contributed by atoms with Crippen molar-refractivity contribution in [3.63, 3.8) is 0 Å². The minimum absolute atomic E-state index is 0.0757. The van der Waals surface area contributed by atoms with Crippen molar-refractivity contribution in [3.05, 3.63) is 17.5 Å². The molecule has 90 valence electrons. The molecule has 0 amide bonds. The molecule has 4 nitrogen and oxygen atoms in total. The third-order valence-electron chi connectivity index (χ3n) is 2.06. The molecule has 0 saturated carbocycles. The minimum Gasteiger partial charge on any atom is -0.380 e. The van der Waals surface area contributed by atoms with Gasteiger partial charge in [-0.05, 0) is 18.4 Å². The number of ketones is 1. The quantitative estimate of drug-likeness (QED) is 0.779. The van der Waals surface area contributed by atoms with Crippen LogP contribution in [-0.4, -0.2) is 33.2 Å². The van der Waals surface area contributed by atoms with Gasteiger partial charge in [-0.15, -0.1) is 11.3 Å². The van der Waals surface area contributed by atoms with Gasteiger partial charge in [0.15, 0.2) is 9.84 Å². The van der Waals surface area contributed by atoms with E-state index in [2.05, 4.69) is 0 Å². The van der Waals surface area contributed by atoms with Gasteiger partial charge in [0.05, 0.1) is 11.9 Å². The van der Waals surface area contributed by atoms with Crippen LogP contribution in [0.15, 0.2) is 21.7 Å². The van der Waals surface area contributed by atoms with Crippen molar-refractivity contribution in [2.24, 2.45) is 0 Å². The number of hydrogen-bond acceptors (Lipinski definition) is 5. The van der Waals surface area contributed by atoms with Gasteiger partial charge in [0.25, 0.3) is 0 Å².